The van der Waals surface area contributed by atoms with E-state index in [1.807, 2.05) is 5.01 Å². The number of benzene rings is 2. The normalized spacial score (nSPS) is 18.5. The van der Waals surface area contributed by atoms with Crippen LogP contribution in [-0.4, -0.2) is 43.9 Å². The summed E-state index contributed by atoms with van der Waals surface area (Å²) in [6.07, 6.45) is 1.94. The van der Waals surface area contributed by atoms with Gasteiger partial charge in [0, 0.05) is 19.0 Å². The van der Waals surface area contributed by atoms with Gasteiger partial charge in [0.25, 0.3) is 5.91 Å². The molecule has 0 saturated carbocycles. The highest BCUT2D eigenvalue weighted by Crippen LogP contribution is 2.43. The molecule has 2 aromatic carbocycles. The zero-order chi connectivity index (χ0) is 22.4. The first-order chi connectivity index (χ1) is 15.5. The third kappa shape index (κ3) is 3.25. The van der Waals surface area contributed by atoms with Crippen LogP contribution in [0.5, 0.6) is 5.75 Å². The molecule has 5 rings (SSSR count). The second-order valence-electron chi connectivity index (χ2n) is 7.94. The molecular formula is C23H20F2N4O3. The Morgan fingerprint density at radius 3 is 2.06 bits per heavy atom. The molecule has 0 radical (unpaired) electrons. The van der Waals surface area contributed by atoms with Crippen LogP contribution in [0.1, 0.15) is 46.5 Å². The van der Waals surface area contributed by atoms with Crippen LogP contribution >= 0.6 is 0 Å². The maximum atomic E-state index is 13.7. The van der Waals surface area contributed by atoms with Crippen LogP contribution in [0.15, 0.2) is 59.5 Å². The van der Waals surface area contributed by atoms with Gasteiger partial charge in [-0.2, -0.15) is 10.1 Å². The minimum absolute atomic E-state index is 0.185. The highest BCUT2D eigenvalue weighted by Gasteiger charge is 2.45. The third-order valence-corrected chi connectivity index (χ3v) is 6.05. The Kier molecular flexibility index (Phi) is 4.97. The van der Waals surface area contributed by atoms with Crippen molar-refractivity contribution in [2.45, 2.75) is 24.9 Å². The largest absolute Gasteiger partial charge is 0.502 e. The van der Waals surface area contributed by atoms with Crippen LogP contribution < -0.4 is 5.43 Å². The van der Waals surface area contributed by atoms with Crippen molar-refractivity contribution < 1.29 is 18.7 Å². The van der Waals surface area contributed by atoms with E-state index in [2.05, 4.69) is 5.10 Å². The maximum Gasteiger partial charge on any atom is 0.290 e. The summed E-state index contributed by atoms with van der Waals surface area (Å²) in [6, 6.07) is 11.9. The quantitative estimate of drug-likeness (QED) is 0.680. The summed E-state index contributed by atoms with van der Waals surface area (Å²) in [6.45, 7) is 0.973. The molecule has 1 N–H and O–H groups in total. The Bertz CT molecular complexity index is 1180. The molecule has 0 unspecified atom stereocenters. The molecule has 3 heterocycles. The molecule has 0 aliphatic carbocycles. The Morgan fingerprint density at radius 1 is 0.906 bits per heavy atom. The van der Waals surface area contributed by atoms with Crippen molar-refractivity contribution in [3.63, 3.8) is 0 Å². The van der Waals surface area contributed by atoms with E-state index in [9.17, 15) is 23.5 Å². The van der Waals surface area contributed by atoms with Gasteiger partial charge in [0.1, 0.15) is 17.8 Å². The number of carbonyl (C=O) groups excluding carboxylic acids is 1. The highest BCUT2D eigenvalue weighted by atomic mass is 19.1. The number of nitrogens with zero attached hydrogens (tertiary/aromatic N) is 4. The fourth-order valence-electron chi connectivity index (χ4n) is 4.58. The first-order valence-corrected chi connectivity index (χ1v) is 10.4. The van der Waals surface area contributed by atoms with Crippen LogP contribution in [-0.2, 0) is 0 Å². The summed E-state index contributed by atoms with van der Waals surface area (Å²) in [5.41, 5.74) is 0.506. The highest BCUT2D eigenvalue weighted by molar-refractivity contribution is 5.95. The zero-order valence-electron chi connectivity index (χ0n) is 17.0. The van der Waals surface area contributed by atoms with E-state index in [0.717, 1.165) is 19.0 Å². The molecule has 2 aliphatic rings. The number of fused-ring (bicyclic) bond motifs is 2. The van der Waals surface area contributed by atoms with Gasteiger partial charge in [-0.25, -0.2) is 13.5 Å². The molecule has 3 aromatic rings. The van der Waals surface area contributed by atoms with Gasteiger partial charge in [-0.1, -0.05) is 24.3 Å². The Hall–Kier alpha value is -3.59. The molecular weight excluding hydrogens is 418 g/mol. The molecule has 164 valence electrons. The fraction of sp³-hybridized carbons (Fsp3) is 0.261. The standard InChI is InChI=1S/C23H20F2N4O3/c24-16-7-3-14(4-8-16)19(15-5-9-17(25)10-6-15)22-27-11-1-2-12-28(27)23(32)20-21(31)18(30)13-26-29(20)22/h3-10,13,19,22,31H,1-2,11-12H2/t22-/m1/s1. The summed E-state index contributed by atoms with van der Waals surface area (Å²) >= 11 is 0. The molecule has 9 heteroatoms. The van der Waals surface area contributed by atoms with E-state index in [4.69, 9.17) is 0 Å². The number of hydrogen-bond acceptors (Lipinski definition) is 5. The number of hydrazine groups is 1. The Balaban J connectivity index is 1.77. The molecule has 32 heavy (non-hydrogen) atoms. The average Bonchev–Trinajstić information content (AvgIpc) is 2.80. The van der Waals surface area contributed by atoms with E-state index in [0.29, 0.717) is 24.2 Å². The van der Waals surface area contributed by atoms with Crippen molar-refractivity contribution in [2.24, 2.45) is 0 Å². The SMILES string of the molecule is O=C1c2c(O)c(=O)cnn2[C@H](C(c2ccc(F)cc2)c2ccc(F)cc2)N2CCCCN12. The molecule has 1 atom stereocenters. The second-order valence-corrected chi connectivity index (χ2v) is 7.94. The lowest BCUT2D eigenvalue weighted by molar-refractivity contribution is -0.103. The monoisotopic (exact) mass is 438 g/mol. The molecule has 2 aliphatic heterocycles. The summed E-state index contributed by atoms with van der Waals surface area (Å²) in [5.74, 6) is -2.45. The van der Waals surface area contributed by atoms with Crippen LogP contribution in [0.2, 0.25) is 0 Å². The first-order valence-electron chi connectivity index (χ1n) is 10.4. The summed E-state index contributed by atoms with van der Waals surface area (Å²) in [7, 11) is 0. The first kappa shape index (κ1) is 20.3. The Labute approximate surface area is 182 Å². The lowest BCUT2D eigenvalue weighted by Crippen LogP contribution is -2.59. The van der Waals surface area contributed by atoms with Crippen molar-refractivity contribution in [1.82, 2.24) is 19.8 Å². The Morgan fingerprint density at radius 2 is 1.47 bits per heavy atom. The number of hydrogen-bond donors (Lipinski definition) is 1. The van der Waals surface area contributed by atoms with Gasteiger partial charge in [0.05, 0.1) is 6.20 Å². The lowest BCUT2D eigenvalue weighted by atomic mass is 9.87. The van der Waals surface area contributed by atoms with Crippen molar-refractivity contribution in [3.05, 3.63) is 93.4 Å². The number of carbonyl (C=O) groups is 1. The maximum absolute atomic E-state index is 13.7. The number of aromatic nitrogens is 2. The van der Waals surface area contributed by atoms with E-state index in [1.54, 1.807) is 24.3 Å². The van der Waals surface area contributed by atoms with Gasteiger partial charge < -0.3 is 5.11 Å². The van der Waals surface area contributed by atoms with Crippen molar-refractivity contribution >= 4 is 5.91 Å². The van der Waals surface area contributed by atoms with E-state index < -0.39 is 40.8 Å². The minimum Gasteiger partial charge on any atom is -0.502 e. The topological polar surface area (TPSA) is 78.7 Å². The predicted octanol–water partition coefficient (Wildman–Crippen LogP) is 3.02. The third-order valence-electron chi connectivity index (χ3n) is 6.05. The fourth-order valence-corrected chi connectivity index (χ4v) is 4.58. The van der Waals surface area contributed by atoms with Crippen LogP contribution in [0.4, 0.5) is 8.78 Å². The van der Waals surface area contributed by atoms with Gasteiger partial charge in [-0.05, 0) is 48.2 Å². The van der Waals surface area contributed by atoms with Crippen LogP contribution in [0.25, 0.3) is 0 Å². The smallest absolute Gasteiger partial charge is 0.290 e. The number of halogens is 2. The number of rotatable bonds is 3. The molecule has 1 fully saturated rings. The van der Waals surface area contributed by atoms with Gasteiger partial charge in [0.2, 0.25) is 5.43 Å². The van der Waals surface area contributed by atoms with Crippen LogP contribution in [0.3, 0.4) is 0 Å². The molecule has 1 amide bonds. The molecule has 7 nitrogen and oxygen atoms in total. The number of amides is 1. The minimum atomic E-state index is -0.742. The van der Waals surface area contributed by atoms with E-state index in [-0.39, 0.29) is 5.69 Å². The summed E-state index contributed by atoms with van der Waals surface area (Å²) in [4.78, 5) is 25.3. The average molecular weight is 438 g/mol. The van der Waals surface area contributed by atoms with E-state index in [1.165, 1.54) is 34.0 Å². The molecule has 0 spiro atoms. The summed E-state index contributed by atoms with van der Waals surface area (Å²) in [5, 5.41) is 18.1. The van der Waals surface area contributed by atoms with Gasteiger partial charge in [-0.15, -0.1) is 0 Å². The van der Waals surface area contributed by atoms with Crippen molar-refractivity contribution in [1.29, 1.82) is 0 Å². The summed E-state index contributed by atoms with van der Waals surface area (Å²) < 4.78 is 28.8. The van der Waals surface area contributed by atoms with Gasteiger partial charge in [-0.3, -0.25) is 14.6 Å². The second kappa shape index (κ2) is 7.83. The van der Waals surface area contributed by atoms with Gasteiger partial charge in [0.15, 0.2) is 11.4 Å². The zero-order valence-corrected chi connectivity index (χ0v) is 17.0. The predicted molar refractivity (Wildman–Crippen MR) is 111 cm³/mol. The number of aromatic hydroxyl groups is 1. The van der Waals surface area contributed by atoms with Crippen molar-refractivity contribution in [3.8, 4) is 5.75 Å². The van der Waals surface area contributed by atoms with E-state index >= 15 is 0 Å². The van der Waals surface area contributed by atoms with Crippen LogP contribution in [0, 0.1) is 11.6 Å². The van der Waals surface area contributed by atoms with Crippen molar-refractivity contribution in [2.75, 3.05) is 13.1 Å². The van der Waals surface area contributed by atoms with Gasteiger partial charge >= 0.3 is 0 Å². The lowest BCUT2D eigenvalue weighted by Gasteiger charge is -2.49. The molecule has 1 aromatic heterocycles. The molecule has 0 bridgehead atoms. The molecule has 1 saturated heterocycles.